The van der Waals surface area contributed by atoms with Gasteiger partial charge in [-0.25, -0.2) is 0 Å². The molecule has 3 heteroatoms. The predicted molar refractivity (Wildman–Crippen MR) is 92.1 cm³/mol. The van der Waals surface area contributed by atoms with Crippen LogP contribution in [0.1, 0.15) is 24.7 Å². The van der Waals surface area contributed by atoms with Crippen molar-refractivity contribution in [3.05, 3.63) is 66.2 Å². The number of Topliss-reactive ketones (excluding diaryl/α,β-unsaturated/α-hetero) is 1. The number of ketones is 1. The van der Waals surface area contributed by atoms with Crippen LogP contribution in [-0.4, -0.2) is 19.0 Å². The summed E-state index contributed by atoms with van der Waals surface area (Å²) in [5.74, 6) is 0.00728. The molecule has 0 aliphatic carbocycles. The first-order chi connectivity index (χ1) is 10.6. The van der Waals surface area contributed by atoms with Crippen molar-refractivity contribution in [2.24, 2.45) is 5.92 Å². The molecule has 2 aromatic rings. The van der Waals surface area contributed by atoms with Crippen molar-refractivity contribution in [1.29, 1.82) is 0 Å². The number of ether oxygens (including phenoxy) is 1. The molecule has 116 valence electrons. The molecule has 0 fully saturated rings. The molecule has 0 aliphatic rings. The summed E-state index contributed by atoms with van der Waals surface area (Å²) in [6.45, 7) is 3.57. The number of carbonyl (C=O) groups excluding carboxylic acids is 1. The smallest absolute Gasteiger partial charge is 0.135 e. The summed E-state index contributed by atoms with van der Waals surface area (Å²) >= 11 is 1.74. The van der Waals surface area contributed by atoms with Gasteiger partial charge in [0, 0.05) is 17.9 Å². The number of hydrogen-bond donors (Lipinski definition) is 0. The molecule has 0 saturated carbocycles. The van der Waals surface area contributed by atoms with Gasteiger partial charge in [0.15, 0.2) is 0 Å². The van der Waals surface area contributed by atoms with Gasteiger partial charge >= 0.3 is 0 Å². The van der Waals surface area contributed by atoms with Gasteiger partial charge in [0.1, 0.15) is 5.78 Å². The van der Waals surface area contributed by atoms with Gasteiger partial charge in [0.05, 0.1) is 11.4 Å². The van der Waals surface area contributed by atoms with Crippen LogP contribution < -0.4 is 0 Å². The lowest BCUT2D eigenvalue weighted by Gasteiger charge is -2.29. The Bertz CT molecular complexity index is 583. The van der Waals surface area contributed by atoms with Crippen molar-refractivity contribution in [2.75, 3.05) is 7.11 Å². The van der Waals surface area contributed by atoms with Gasteiger partial charge in [-0.05, 0) is 24.6 Å². The molecule has 0 saturated heterocycles. The van der Waals surface area contributed by atoms with Gasteiger partial charge in [-0.15, -0.1) is 11.8 Å². The Morgan fingerprint density at radius 3 is 2.05 bits per heavy atom. The Labute approximate surface area is 136 Å². The summed E-state index contributed by atoms with van der Waals surface area (Å²) in [7, 11) is 1.69. The van der Waals surface area contributed by atoms with Crippen molar-refractivity contribution in [3.63, 3.8) is 0 Å². The summed E-state index contributed by atoms with van der Waals surface area (Å²) in [6.07, 6.45) is -0.162. The third-order valence-corrected chi connectivity index (χ3v) is 5.18. The first kappa shape index (κ1) is 16.8. The fraction of sp³-hybridized carbons (Fsp3) is 0.316. The van der Waals surface area contributed by atoms with Gasteiger partial charge in [0.2, 0.25) is 0 Å². The van der Waals surface area contributed by atoms with Gasteiger partial charge in [-0.1, -0.05) is 55.5 Å². The van der Waals surface area contributed by atoms with Gasteiger partial charge in [-0.3, -0.25) is 4.79 Å². The van der Waals surface area contributed by atoms with Crippen LogP contribution in [-0.2, 0) is 9.53 Å². The maximum atomic E-state index is 11.8. The lowest BCUT2D eigenvalue weighted by molar-refractivity contribution is -0.124. The van der Waals surface area contributed by atoms with Crippen LogP contribution in [0.5, 0.6) is 0 Å². The summed E-state index contributed by atoms with van der Waals surface area (Å²) in [5.41, 5.74) is 1.18. The Kier molecular flexibility index (Phi) is 6.22. The molecule has 0 N–H and O–H groups in total. The number of carbonyl (C=O) groups is 1. The van der Waals surface area contributed by atoms with Crippen LogP contribution in [0, 0.1) is 5.92 Å². The second kappa shape index (κ2) is 8.16. The van der Waals surface area contributed by atoms with E-state index in [0.29, 0.717) is 0 Å². The third kappa shape index (κ3) is 4.21. The van der Waals surface area contributed by atoms with E-state index in [1.807, 2.05) is 43.3 Å². The average Bonchev–Trinajstić information content (AvgIpc) is 2.56. The van der Waals surface area contributed by atoms with Crippen LogP contribution in [0.15, 0.2) is 65.6 Å². The minimum atomic E-state index is -0.162. The van der Waals surface area contributed by atoms with Crippen LogP contribution in [0.3, 0.4) is 0 Å². The maximum Gasteiger partial charge on any atom is 0.135 e. The zero-order valence-corrected chi connectivity index (χ0v) is 14.0. The van der Waals surface area contributed by atoms with Crippen molar-refractivity contribution in [2.45, 2.75) is 30.1 Å². The predicted octanol–water partition coefficient (Wildman–Crippen LogP) is 4.76. The summed E-state index contributed by atoms with van der Waals surface area (Å²) < 4.78 is 5.72. The highest BCUT2D eigenvalue weighted by molar-refractivity contribution is 7.99. The Morgan fingerprint density at radius 2 is 1.55 bits per heavy atom. The molecule has 2 rings (SSSR count). The fourth-order valence-corrected chi connectivity index (χ4v) is 3.82. The van der Waals surface area contributed by atoms with Crippen LogP contribution >= 0.6 is 11.8 Å². The molecule has 3 atom stereocenters. The Hall–Kier alpha value is -1.58. The monoisotopic (exact) mass is 314 g/mol. The molecule has 0 aromatic heterocycles. The van der Waals surface area contributed by atoms with Crippen molar-refractivity contribution in [3.8, 4) is 0 Å². The van der Waals surface area contributed by atoms with E-state index in [4.69, 9.17) is 4.74 Å². The molecular weight excluding hydrogens is 292 g/mol. The number of rotatable bonds is 7. The molecule has 0 radical (unpaired) electrons. The first-order valence-electron chi connectivity index (χ1n) is 7.43. The van der Waals surface area contributed by atoms with Crippen LogP contribution in [0.25, 0.3) is 0 Å². The molecule has 3 unspecified atom stereocenters. The van der Waals surface area contributed by atoms with Crippen molar-refractivity contribution < 1.29 is 9.53 Å². The number of thioether (sulfide) groups is 1. The summed E-state index contributed by atoms with van der Waals surface area (Å²) in [6, 6.07) is 20.5. The van der Waals surface area contributed by atoms with E-state index in [9.17, 15) is 4.79 Å². The van der Waals surface area contributed by atoms with Gasteiger partial charge in [0.25, 0.3) is 0 Å². The SMILES string of the molecule is COC(C(C)C(C)=O)C(Sc1ccccc1)c1ccccc1. The lowest BCUT2D eigenvalue weighted by Crippen LogP contribution is -2.31. The second-order valence-corrected chi connectivity index (χ2v) is 6.58. The molecule has 22 heavy (non-hydrogen) atoms. The number of benzene rings is 2. The molecule has 0 spiro atoms. The van der Waals surface area contributed by atoms with E-state index >= 15 is 0 Å². The fourth-order valence-electron chi connectivity index (χ4n) is 2.43. The van der Waals surface area contributed by atoms with Crippen molar-refractivity contribution >= 4 is 17.5 Å². The largest absolute Gasteiger partial charge is 0.379 e. The van der Waals surface area contributed by atoms with Crippen LogP contribution in [0.2, 0.25) is 0 Å². The molecule has 0 bridgehead atoms. The number of methoxy groups -OCH3 is 1. The maximum absolute atomic E-state index is 11.8. The normalized spacial score (nSPS) is 15.0. The first-order valence-corrected chi connectivity index (χ1v) is 8.31. The van der Waals surface area contributed by atoms with Crippen LogP contribution in [0.4, 0.5) is 0 Å². The Morgan fingerprint density at radius 1 is 1.00 bits per heavy atom. The number of hydrogen-bond acceptors (Lipinski definition) is 3. The quantitative estimate of drug-likeness (QED) is 0.689. The van der Waals surface area contributed by atoms with E-state index in [-0.39, 0.29) is 23.1 Å². The molecule has 0 aliphatic heterocycles. The van der Waals surface area contributed by atoms with Gasteiger partial charge in [-0.2, -0.15) is 0 Å². The third-order valence-electron chi connectivity index (χ3n) is 3.84. The second-order valence-electron chi connectivity index (χ2n) is 5.36. The highest BCUT2D eigenvalue weighted by Gasteiger charge is 2.31. The minimum Gasteiger partial charge on any atom is -0.379 e. The molecule has 0 heterocycles. The Balaban J connectivity index is 2.34. The minimum absolute atomic E-state index is 0.0764. The van der Waals surface area contributed by atoms with E-state index in [1.165, 1.54) is 10.5 Å². The lowest BCUT2D eigenvalue weighted by atomic mass is 9.94. The zero-order valence-electron chi connectivity index (χ0n) is 13.2. The standard InChI is InChI=1S/C19H22O2S/c1-14(15(2)20)18(21-3)19(16-10-6-4-7-11-16)22-17-12-8-5-9-13-17/h4-14,18-19H,1-3H3. The van der Waals surface area contributed by atoms with E-state index in [0.717, 1.165) is 0 Å². The topological polar surface area (TPSA) is 26.3 Å². The van der Waals surface area contributed by atoms with Crippen molar-refractivity contribution in [1.82, 2.24) is 0 Å². The molecule has 2 nitrogen and oxygen atoms in total. The summed E-state index contributed by atoms with van der Waals surface area (Å²) in [4.78, 5) is 13.0. The van der Waals surface area contributed by atoms with E-state index < -0.39 is 0 Å². The van der Waals surface area contributed by atoms with Gasteiger partial charge < -0.3 is 4.74 Å². The molecular formula is C19H22O2S. The molecule has 2 aromatic carbocycles. The van der Waals surface area contributed by atoms with E-state index in [1.54, 1.807) is 25.8 Å². The highest BCUT2D eigenvalue weighted by atomic mass is 32.2. The average molecular weight is 314 g/mol. The summed E-state index contributed by atoms with van der Waals surface area (Å²) in [5, 5.41) is 0.0764. The zero-order chi connectivity index (χ0) is 15.9. The highest BCUT2D eigenvalue weighted by Crippen LogP contribution is 2.41. The molecule has 0 amide bonds. The van der Waals surface area contributed by atoms with E-state index in [2.05, 4.69) is 24.3 Å².